The SMILES string of the molecule is CCCOc1ccc(CN=C(NCC)NCc2csc(N(C)C)n2)cn1.I. The van der Waals surface area contributed by atoms with Crippen molar-refractivity contribution >= 4 is 46.4 Å². The Kier molecular flexibility index (Phi) is 11.0. The Balaban J connectivity index is 0.00000364. The standard InChI is InChI=1S/C18H28N6OS.HI/c1-5-9-25-16-8-7-14(10-20-16)11-21-17(19-6-2)22-12-15-13-26-18(23-15)24(3)4;/h7-8,10,13H,5-6,9,11-12H2,1-4H3,(H2,19,21,22);1H. The maximum Gasteiger partial charge on any atom is 0.213 e. The number of nitrogens with one attached hydrogen (secondary N) is 2. The highest BCUT2D eigenvalue weighted by Crippen LogP contribution is 2.17. The van der Waals surface area contributed by atoms with Crippen LogP contribution in [0.15, 0.2) is 28.7 Å². The van der Waals surface area contributed by atoms with E-state index >= 15 is 0 Å². The molecule has 0 aromatic carbocycles. The minimum absolute atomic E-state index is 0. The van der Waals surface area contributed by atoms with Crippen molar-refractivity contribution in [2.45, 2.75) is 33.4 Å². The molecular formula is C18H29IN6OS. The zero-order chi connectivity index (χ0) is 18.8. The van der Waals surface area contributed by atoms with Crippen molar-refractivity contribution in [3.8, 4) is 5.88 Å². The average Bonchev–Trinajstić information content (AvgIpc) is 3.12. The molecule has 150 valence electrons. The van der Waals surface area contributed by atoms with E-state index in [1.54, 1.807) is 11.3 Å². The van der Waals surface area contributed by atoms with Gasteiger partial charge in [0.05, 0.1) is 25.4 Å². The first-order chi connectivity index (χ1) is 12.6. The second-order valence-corrected chi connectivity index (χ2v) is 6.75. The molecule has 0 aliphatic rings. The fourth-order valence-electron chi connectivity index (χ4n) is 2.07. The molecule has 0 amide bonds. The second-order valence-electron chi connectivity index (χ2n) is 5.92. The molecule has 0 bridgehead atoms. The molecule has 2 rings (SSSR count). The van der Waals surface area contributed by atoms with Gasteiger partial charge in [-0.2, -0.15) is 0 Å². The van der Waals surface area contributed by atoms with Crippen LogP contribution in [0, 0.1) is 0 Å². The van der Waals surface area contributed by atoms with Crippen molar-refractivity contribution in [2.75, 3.05) is 32.1 Å². The van der Waals surface area contributed by atoms with Gasteiger partial charge in [-0.05, 0) is 18.9 Å². The van der Waals surface area contributed by atoms with Crippen LogP contribution in [-0.2, 0) is 13.1 Å². The number of ether oxygens (including phenoxy) is 1. The van der Waals surface area contributed by atoms with E-state index < -0.39 is 0 Å². The largest absolute Gasteiger partial charge is 0.478 e. The molecule has 9 heteroatoms. The molecule has 0 atom stereocenters. The number of pyridine rings is 1. The van der Waals surface area contributed by atoms with E-state index in [9.17, 15) is 0 Å². The molecule has 0 aliphatic heterocycles. The van der Waals surface area contributed by atoms with E-state index in [1.807, 2.05) is 44.2 Å². The number of hydrogen-bond acceptors (Lipinski definition) is 6. The molecule has 0 spiro atoms. The third-order valence-corrected chi connectivity index (χ3v) is 4.43. The van der Waals surface area contributed by atoms with Crippen LogP contribution in [0.25, 0.3) is 0 Å². The summed E-state index contributed by atoms with van der Waals surface area (Å²) in [6.07, 6.45) is 2.78. The van der Waals surface area contributed by atoms with Crippen LogP contribution >= 0.6 is 35.3 Å². The maximum atomic E-state index is 5.50. The molecule has 0 radical (unpaired) electrons. The summed E-state index contributed by atoms with van der Waals surface area (Å²) in [7, 11) is 3.99. The van der Waals surface area contributed by atoms with Crippen LogP contribution < -0.4 is 20.3 Å². The molecule has 0 unspecified atom stereocenters. The summed E-state index contributed by atoms with van der Waals surface area (Å²) < 4.78 is 5.50. The number of thiazole rings is 1. The van der Waals surface area contributed by atoms with Crippen molar-refractivity contribution in [1.29, 1.82) is 0 Å². The molecule has 0 saturated heterocycles. The summed E-state index contributed by atoms with van der Waals surface area (Å²) in [5.41, 5.74) is 2.04. The third-order valence-electron chi connectivity index (χ3n) is 3.37. The van der Waals surface area contributed by atoms with Crippen LogP contribution in [0.5, 0.6) is 5.88 Å². The molecular weight excluding hydrogens is 475 g/mol. The van der Waals surface area contributed by atoms with Crippen LogP contribution in [0.1, 0.15) is 31.5 Å². The first-order valence-electron chi connectivity index (χ1n) is 8.84. The molecule has 0 saturated carbocycles. The van der Waals surface area contributed by atoms with E-state index in [0.29, 0.717) is 25.6 Å². The lowest BCUT2D eigenvalue weighted by molar-refractivity contribution is 0.305. The van der Waals surface area contributed by atoms with Gasteiger partial charge in [-0.25, -0.2) is 15.0 Å². The normalized spacial score (nSPS) is 10.9. The summed E-state index contributed by atoms with van der Waals surface area (Å²) >= 11 is 1.63. The van der Waals surface area contributed by atoms with Gasteiger partial charge in [0.15, 0.2) is 11.1 Å². The van der Waals surface area contributed by atoms with E-state index in [0.717, 1.165) is 35.3 Å². The van der Waals surface area contributed by atoms with Crippen molar-refractivity contribution in [3.63, 3.8) is 0 Å². The summed E-state index contributed by atoms with van der Waals surface area (Å²) in [5.74, 6) is 1.42. The van der Waals surface area contributed by atoms with Gasteiger partial charge in [0.25, 0.3) is 0 Å². The predicted octanol–water partition coefficient (Wildman–Crippen LogP) is 3.27. The van der Waals surface area contributed by atoms with Gasteiger partial charge < -0.3 is 20.3 Å². The van der Waals surface area contributed by atoms with Crippen molar-refractivity contribution in [2.24, 2.45) is 4.99 Å². The Hall–Kier alpha value is -1.62. The average molecular weight is 504 g/mol. The smallest absolute Gasteiger partial charge is 0.213 e. The van der Waals surface area contributed by atoms with Gasteiger partial charge in [-0.15, -0.1) is 35.3 Å². The lowest BCUT2D eigenvalue weighted by Gasteiger charge is -2.10. The van der Waals surface area contributed by atoms with Gasteiger partial charge in [-0.3, -0.25) is 0 Å². The summed E-state index contributed by atoms with van der Waals surface area (Å²) in [6.45, 7) is 6.80. The Bertz CT molecular complexity index is 689. The predicted molar refractivity (Wildman–Crippen MR) is 124 cm³/mol. The monoisotopic (exact) mass is 504 g/mol. The van der Waals surface area contributed by atoms with Crippen molar-refractivity contribution in [1.82, 2.24) is 20.6 Å². The van der Waals surface area contributed by atoms with Gasteiger partial charge in [0, 0.05) is 38.3 Å². The Morgan fingerprint density at radius 3 is 2.67 bits per heavy atom. The summed E-state index contributed by atoms with van der Waals surface area (Å²) in [4.78, 5) is 15.5. The Morgan fingerprint density at radius 1 is 1.26 bits per heavy atom. The van der Waals surface area contributed by atoms with Crippen molar-refractivity contribution in [3.05, 3.63) is 35.0 Å². The van der Waals surface area contributed by atoms with Gasteiger partial charge in [0.1, 0.15) is 0 Å². The number of aliphatic imine (C=N–C) groups is 1. The number of halogens is 1. The molecule has 2 aromatic heterocycles. The zero-order valence-electron chi connectivity index (χ0n) is 16.4. The van der Waals surface area contributed by atoms with E-state index in [2.05, 4.69) is 37.9 Å². The molecule has 2 aromatic rings. The zero-order valence-corrected chi connectivity index (χ0v) is 19.5. The molecule has 0 aliphatic carbocycles. The van der Waals surface area contributed by atoms with Crippen LogP contribution in [0.2, 0.25) is 0 Å². The van der Waals surface area contributed by atoms with Crippen molar-refractivity contribution < 1.29 is 4.74 Å². The van der Waals surface area contributed by atoms with Gasteiger partial charge >= 0.3 is 0 Å². The highest BCUT2D eigenvalue weighted by Gasteiger charge is 2.05. The highest BCUT2D eigenvalue weighted by atomic mass is 127. The maximum absolute atomic E-state index is 5.50. The van der Waals surface area contributed by atoms with Crippen LogP contribution in [-0.4, -0.2) is 43.2 Å². The number of hydrogen-bond donors (Lipinski definition) is 2. The molecule has 7 nitrogen and oxygen atoms in total. The van der Waals surface area contributed by atoms with E-state index in [-0.39, 0.29) is 24.0 Å². The number of anilines is 1. The lowest BCUT2D eigenvalue weighted by atomic mass is 10.3. The molecule has 2 N–H and O–H groups in total. The second kappa shape index (κ2) is 12.7. The number of nitrogens with zero attached hydrogens (tertiary/aromatic N) is 4. The lowest BCUT2D eigenvalue weighted by Crippen LogP contribution is -2.36. The number of rotatable bonds is 9. The minimum atomic E-state index is 0. The number of aromatic nitrogens is 2. The molecule has 2 heterocycles. The van der Waals surface area contributed by atoms with Gasteiger partial charge in [-0.1, -0.05) is 13.0 Å². The first-order valence-corrected chi connectivity index (χ1v) is 9.72. The Morgan fingerprint density at radius 2 is 2.07 bits per heavy atom. The Labute approximate surface area is 182 Å². The fourth-order valence-corrected chi connectivity index (χ4v) is 2.82. The number of guanidine groups is 1. The highest BCUT2D eigenvalue weighted by molar-refractivity contribution is 14.0. The van der Waals surface area contributed by atoms with Crippen LogP contribution in [0.3, 0.4) is 0 Å². The first kappa shape index (κ1) is 23.4. The van der Waals surface area contributed by atoms with E-state index in [4.69, 9.17) is 4.74 Å². The van der Waals surface area contributed by atoms with E-state index in [1.165, 1.54) is 0 Å². The third kappa shape index (κ3) is 8.29. The summed E-state index contributed by atoms with van der Waals surface area (Å²) in [5, 5.41) is 9.63. The molecule has 27 heavy (non-hydrogen) atoms. The van der Waals surface area contributed by atoms with Gasteiger partial charge in [0.2, 0.25) is 5.88 Å². The quantitative estimate of drug-likeness (QED) is 0.310. The van der Waals surface area contributed by atoms with Crippen LogP contribution in [0.4, 0.5) is 5.13 Å². The molecule has 0 fully saturated rings. The minimum Gasteiger partial charge on any atom is -0.478 e. The summed E-state index contributed by atoms with van der Waals surface area (Å²) in [6, 6.07) is 3.88. The fraction of sp³-hybridized carbons (Fsp3) is 0.500. The topological polar surface area (TPSA) is 74.7 Å².